The molecular formula is C11H11BrN4O2S. The van der Waals surface area contributed by atoms with Gasteiger partial charge >= 0.3 is 0 Å². The molecule has 0 atom stereocenters. The number of anilines is 2. The van der Waals surface area contributed by atoms with Gasteiger partial charge in [-0.25, -0.2) is 13.4 Å². The zero-order valence-electron chi connectivity index (χ0n) is 10.3. The van der Waals surface area contributed by atoms with Crippen LogP contribution >= 0.6 is 15.9 Å². The van der Waals surface area contributed by atoms with E-state index in [2.05, 4.69) is 36.2 Å². The molecule has 0 unspecified atom stereocenters. The van der Waals surface area contributed by atoms with Gasteiger partial charge < -0.3 is 5.32 Å². The molecule has 2 aromatic rings. The first-order valence-corrected chi connectivity index (χ1v) is 7.97. The fourth-order valence-corrected chi connectivity index (χ4v) is 2.15. The number of hydrogen-bond donors (Lipinski definition) is 1. The van der Waals surface area contributed by atoms with Gasteiger partial charge in [0.25, 0.3) is 0 Å². The zero-order valence-corrected chi connectivity index (χ0v) is 12.7. The van der Waals surface area contributed by atoms with Crippen molar-refractivity contribution in [3.63, 3.8) is 0 Å². The minimum atomic E-state index is -3.44. The fourth-order valence-electron chi connectivity index (χ4n) is 1.36. The molecule has 0 aliphatic heterocycles. The Kier molecular flexibility index (Phi) is 3.81. The van der Waals surface area contributed by atoms with Gasteiger partial charge in [0, 0.05) is 18.6 Å². The van der Waals surface area contributed by atoms with Gasteiger partial charge in [-0.3, -0.25) is 4.98 Å². The molecule has 0 spiro atoms. The van der Waals surface area contributed by atoms with E-state index in [1.807, 2.05) is 13.0 Å². The SMILES string of the molecule is Cc1ncccc1Nc1nc(S(C)(=O)=O)ncc1Br. The number of aromatic nitrogens is 3. The summed E-state index contributed by atoms with van der Waals surface area (Å²) in [5.74, 6) is 0.381. The quantitative estimate of drug-likeness (QED) is 0.859. The first-order valence-electron chi connectivity index (χ1n) is 5.29. The van der Waals surface area contributed by atoms with Crippen molar-refractivity contribution >= 4 is 37.3 Å². The first-order chi connectivity index (χ1) is 8.88. The Hall–Kier alpha value is -1.54. The lowest BCUT2D eigenvalue weighted by Gasteiger charge is -2.09. The number of halogens is 1. The molecule has 2 heterocycles. The summed E-state index contributed by atoms with van der Waals surface area (Å²) >= 11 is 3.28. The lowest BCUT2D eigenvalue weighted by Crippen LogP contribution is -2.07. The van der Waals surface area contributed by atoms with Crippen LogP contribution in [0.15, 0.2) is 34.2 Å². The summed E-state index contributed by atoms with van der Waals surface area (Å²) in [6.45, 7) is 1.84. The molecule has 0 saturated carbocycles. The Morgan fingerprint density at radius 1 is 1.32 bits per heavy atom. The number of sulfone groups is 1. The van der Waals surface area contributed by atoms with E-state index < -0.39 is 9.84 Å². The van der Waals surface area contributed by atoms with E-state index in [-0.39, 0.29) is 5.16 Å². The summed E-state index contributed by atoms with van der Waals surface area (Å²) in [4.78, 5) is 11.9. The maximum atomic E-state index is 11.4. The molecule has 0 aliphatic rings. The highest BCUT2D eigenvalue weighted by Gasteiger charge is 2.14. The van der Waals surface area contributed by atoms with Gasteiger partial charge in [0.1, 0.15) is 5.82 Å². The van der Waals surface area contributed by atoms with E-state index >= 15 is 0 Å². The molecule has 0 bridgehead atoms. The van der Waals surface area contributed by atoms with Crippen LogP contribution in [0.25, 0.3) is 0 Å². The van der Waals surface area contributed by atoms with E-state index in [9.17, 15) is 8.42 Å². The molecule has 0 aromatic carbocycles. The molecule has 0 fully saturated rings. The summed E-state index contributed by atoms with van der Waals surface area (Å²) in [5, 5.41) is 2.81. The summed E-state index contributed by atoms with van der Waals surface area (Å²) in [7, 11) is -3.44. The highest BCUT2D eigenvalue weighted by atomic mass is 79.9. The van der Waals surface area contributed by atoms with Crippen molar-refractivity contribution < 1.29 is 8.42 Å². The Morgan fingerprint density at radius 2 is 2.05 bits per heavy atom. The van der Waals surface area contributed by atoms with Crippen molar-refractivity contribution in [2.24, 2.45) is 0 Å². The van der Waals surface area contributed by atoms with Gasteiger partial charge in [0.15, 0.2) is 0 Å². The predicted molar refractivity (Wildman–Crippen MR) is 75.1 cm³/mol. The van der Waals surface area contributed by atoms with Crippen LogP contribution in [-0.4, -0.2) is 29.6 Å². The highest BCUT2D eigenvalue weighted by molar-refractivity contribution is 9.10. The maximum Gasteiger partial charge on any atom is 0.248 e. The minimum absolute atomic E-state index is 0.222. The van der Waals surface area contributed by atoms with E-state index in [1.54, 1.807) is 12.3 Å². The standard InChI is InChI=1S/C11H11BrN4O2S/c1-7-9(4-3-5-13-7)15-10-8(12)6-14-11(16-10)19(2,17)18/h3-6H,1-2H3,(H,14,15,16). The van der Waals surface area contributed by atoms with Crippen molar-refractivity contribution in [2.45, 2.75) is 12.1 Å². The molecule has 8 heteroatoms. The van der Waals surface area contributed by atoms with Crippen LogP contribution in [0.5, 0.6) is 0 Å². The van der Waals surface area contributed by atoms with Crippen LogP contribution in [0, 0.1) is 6.92 Å². The largest absolute Gasteiger partial charge is 0.338 e. The lowest BCUT2D eigenvalue weighted by molar-refractivity contribution is 0.593. The molecule has 2 aromatic heterocycles. The van der Waals surface area contributed by atoms with Crippen LogP contribution in [0.2, 0.25) is 0 Å². The van der Waals surface area contributed by atoms with E-state index in [1.165, 1.54) is 6.20 Å². The second kappa shape index (κ2) is 5.22. The summed E-state index contributed by atoms with van der Waals surface area (Å²) < 4.78 is 23.4. The van der Waals surface area contributed by atoms with Crippen molar-refractivity contribution in [2.75, 3.05) is 11.6 Å². The third kappa shape index (κ3) is 3.27. The normalized spacial score (nSPS) is 11.3. The summed E-state index contributed by atoms with van der Waals surface area (Å²) in [6, 6.07) is 3.61. The number of pyridine rings is 1. The lowest BCUT2D eigenvalue weighted by atomic mass is 10.3. The second-order valence-corrected chi connectivity index (χ2v) is 6.65. The Morgan fingerprint density at radius 3 is 2.68 bits per heavy atom. The first kappa shape index (κ1) is 13.9. The zero-order chi connectivity index (χ0) is 14.0. The minimum Gasteiger partial charge on any atom is -0.338 e. The molecule has 2 rings (SSSR count). The van der Waals surface area contributed by atoms with E-state index in [0.29, 0.717) is 10.3 Å². The van der Waals surface area contributed by atoms with Gasteiger partial charge in [-0.05, 0) is 35.0 Å². The highest BCUT2D eigenvalue weighted by Crippen LogP contribution is 2.24. The van der Waals surface area contributed by atoms with Crippen LogP contribution in [0.4, 0.5) is 11.5 Å². The number of rotatable bonds is 3. The molecular weight excluding hydrogens is 332 g/mol. The average Bonchev–Trinajstić information content (AvgIpc) is 2.33. The van der Waals surface area contributed by atoms with Gasteiger partial charge in [-0.15, -0.1) is 0 Å². The van der Waals surface area contributed by atoms with Gasteiger partial charge in [0.05, 0.1) is 15.9 Å². The second-order valence-electron chi connectivity index (χ2n) is 3.88. The molecule has 100 valence electrons. The molecule has 0 radical (unpaired) electrons. The van der Waals surface area contributed by atoms with Crippen molar-refractivity contribution in [3.05, 3.63) is 34.7 Å². The molecule has 0 aliphatic carbocycles. The number of nitrogens with zero attached hydrogens (tertiary/aromatic N) is 3. The third-order valence-corrected chi connectivity index (χ3v) is 3.75. The van der Waals surface area contributed by atoms with Crippen LogP contribution in [0.1, 0.15) is 5.69 Å². The van der Waals surface area contributed by atoms with Crippen LogP contribution in [-0.2, 0) is 9.84 Å². The van der Waals surface area contributed by atoms with Gasteiger partial charge in [-0.2, -0.15) is 4.98 Å². The predicted octanol–water partition coefficient (Wildman–Crippen LogP) is 2.09. The van der Waals surface area contributed by atoms with Crippen molar-refractivity contribution in [1.29, 1.82) is 0 Å². The van der Waals surface area contributed by atoms with Crippen LogP contribution in [0.3, 0.4) is 0 Å². The van der Waals surface area contributed by atoms with Gasteiger partial charge in [-0.1, -0.05) is 0 Å². The maximum absolute atomic E-state index is 11.4. The molecule has 0 amide bonds. The fraction of sp³-hybridized carbons (Fsp3) is 0.182. The Balaban J connectivity index is 2.43. The molecule has 0 saturated heterocycles. The van der Waals surface area contributed by atoms with Gasteiger partial charge in [0.2, 0.25) is 15.0 Å². The average molecular weight is 343 g/mol. The third-order valence-electron chi connectivity index (χ3n) is 2.31. The number of nitrogens with one attached hydrogen (secondary N) is 1. The van der Waals surface area contributed by atoms with E-state index in [4.69, 9.17) is 0 Å². The van der Waals surface area contributed by atoms with Crippen LogP contribution < -0.4 is 5.32 Å². The van der Waals surface area contributed by atoms with E-state index in [0.717, 1.165) is 17.6 Å². The monoisotopic (exact) mass is 342 g/mol. The summed E-state index contributed by atoms with van der Waals surface area (Å²) in [6.07, 6.45) is 4.14. The number of aryl methyl sites for hydroxylation is 1. The Labute approximate surface area is 119 Å². The van der Waals surface area contributed by atoms with Crippen molar-refractivity contribution in [1.82, 2.24) is 15.0 Å². The molecule has 6 nitrogen and oxygen atoms in total. The smallest absolute Gasteiger partial charge is 0.248 e. The topological polar surface area (TPSA) is 84.8 Å². The summed E-state index contributed by atoms with van der Waals surface area (Å²) in [5.41, 5.74) is 1.54. The molecule has 1 N–H and O–H groups in total. The van der Waals surface area contributed by atoms with Crippen molar-refractivity contribution in [3.8, 4) is 0 Å². The molecule has 19 heavy (non-hydrogen) atoms. The number of hydrogen-bond acceptors (Lipinski definition) is 6. The Bertz CT molecular complexity index is 718.